The number of methoxy groups -OCH3 is 1. The lowest BCUT2D eigenvalue weighted by atomic mass is 10.1. The first kappa shape index (κ1) is 13.0. The molecule has 0 amide bonds. The van der Waals surface area contributed by atoms with Crippen molar-refractivity contribution in [2.45, 2.75) is 6.92 Å². The van der Waals surface area contributed by atoms with Gasteiger partial charge in [-0.3, -0.25) is 0 Å². The summed E-state index contributed by atoms with van der Waals surface area (Å²) < 4.78 is 6.27. The molecule has 0 bridgehead atoms. The Labute approximate surface area is 125 Å². The first-order valence-corrected chi connectivity index (χ1v) is 6.97. The summed E-state index contributed by atoms with van der Waals surface area (Å²) in [6, 6.07) is 9.60. The molecule has 0 aliphatic heterocycles. The van der Waals surface area contributed by atoms with E-state index in [2.05, 4.69) is 25.9 Å². The number of fused-ring (bicyclic) bond motifs is 1. The van der Waals surface area contributed by atoms with E-state index in [1.807, 2.05) is 37.3 Å². The number of anilines is 1. The fourth-order valence-corrected chi connectivity index (χ4v) is 2.81. The molecule has 5 heteroatoms. The van der Waals surface area contributed by atoms with Crippen LogP contribution in [0.4, 0.5) is 5.69 Å². The number of H-pyrrole nitrogens is 1. The number of nitrogens with one attached hydrogen (secondary N) is 1. The third kappa shape index (κ3) is 2.14. The number of ether oxygens (including phenoxy) is 1. The highest BCUT2D eigenvalue weighted by molar-refractivity contribution is 9.10. The largest absolute Gasteiger partial charge is 0.497 e. The van der Waals surface area contributed by atoms with E-state index >= 15 is 0 Å². The molecular formula is C15H14BrN3O. The van der Waals surface area contributed by atoms with Gasteiger partial charge in [-0.25, -0.2) is 4.98 Å². The number of halogens is 1. The van der Waals surface area contributed by atoms with E-state index in [1.165, 1.54) is 0 Å². The second kappa shape index (κ2) is 4.83. The van der Waals surface area contributed by atoms with E-state index in [0.717, 1.165) is 38.2 Å². The van der Waals surface area contributed by atoms with Gasteiger partial charge in [0.05, 0.1) is 18.1 Å². The summed E-state index contributed by atoms with van der Waals surface area (Å²) in [7, 11) is 1.63. The number of aromatic nitrogens is 2. The van der Waals surface area contributed by atoms with Gasteiger partial charge in [0.1, 0.15) is 11.6 Å². The topological polar surface area (TPSA) is 63.9 Å². The quantitative estimate of drug-likeness (QED) is 0.700. The molecule has 0 saturated heterocycles. The number of nitrogens with two attached hydrogens (primary N) is 1. The Kier molecular flexibility index (Phi) is 3.14. The predicted molar refractivity (Wildman–Crippen MR) is 84.9 cm³/mol. The van der Waals surface area contributed by atoms with E-state index in [4.69, 9.17) is 10.5 Å². The Hall–Kier alpha value is -2.01. The third-order valence-corrected chi connectivity index (χ3v) is 3.72. The van der Waals surface area contributed by atoms with Gasteiger partial charge in [-0.2, -0.15) is 0 Å². The highest BCUT2D eigenvalue weighted by Crippen LogP contribution is 2.31. The minimum absolute atomic E-state index is 0.668. The molecule has 0 atom stereocenters. The lowest BCUT2D eigenvalue weighted by Crippen LogP contribution is -1.93. The van der Waals surface area contributed by atoms with E-state index in [1.54, 1.807) is 7.11 Å². The second-order valence-corrected chi connectivity index (χ2v) is 5.57. The van der Waals surface area contributed by atoms with Crippen LogP contribution in [0, 0.1) is 6.92 Å². The lowest BCUT2D eigenvalue weighted by Gasteiger charge is -2.05. The molecule has 20 heavy (non-hydrogen) atoms. The normalized spacial score (nSPS) is 10.9. The molecule has 0 fully saturated rings. The number of aromatic amines is 1. The average molecular weight is 332 g/mol. The lowest BCUT2D eigenvalue weighted by molar-refractivity contribution is 0.415. The molecule has 0 unspecified atom stereocenters. The number of imidazole rings is 1. The van der Waals surface area contributed by atoms with E-state index in [-0.39, 0.29) is 0 Å². The zero-order valence-corrected chi connectivity index (χ0v) is 12.8. The van der Waals surface area contributed by atoms with E-state index in [9.17, 15) is 0 Å². The molecule has 2 aromatic carbocycles. The molecular weight excluding hydrogens is 318 g/mol. The Morgan fingerprint density at radius 1 is 1.25 bits per heavy atom. The van der Waals surface area contributed by atoms with Crippen molar-refractivity contribution in [2.75, 3.05) is 12.8 Å². The number of hydrogen-bond acceptors (Lipinski definition) is 3. The first-order chi connectivity index (χ1) is 9.58. The minimum Gasteiger partial charge on any atom is -0.497 e. The van der Waals surface area contributed by atoms with Crippen LogP contribution in [0.5, 0.6) is 5.75 Å². The van der Waals surface area contributed by atoms with Gasteiger partial charge in [-0.05, 0) is 42.8 Å². The molecule has 0 aliphatic carbocycles. The van der Waals surface area contributed by atoms with Crippen LogP contribution in [0.25, 0.3) is 22.4 Å². The van der Waals surface area contributed by atoms with Crippen LogP contribution in [0.1, 0.15) is 5.56 Å². The Morgan fingerprint density at radius 3 is 2.80 bits per heavy atom. The number of nitrogen functional groups attached to an aromatic ring is 1. The van der Waals surface area contributed by atoms with Crippen molar-refractivity contribution in [1.82, 2.24) is 9.97 Å². The van der Waals surface area contributed by atoms with E-state index in [0.29, 0.717) is 5.69 Å². The first-order valence-electron chi connectivity index (χ1n) is 6.18. The highest BCUT2D eigenvalue weighted by Gasteiger charge is 2.11. The summed E-state index contributed by atoms with van der Waals surface area (Å²) in [4.78, 5) is 7.96. The van der Waals surface area contributed by atoms with Gasteiger partial charge < -0.3 is 15.5 Å². The fourth-order valence-electron chi connectivity index (χ4n) is 2.24. The maximum Gasteiger partial charge on any atom is 0.140 e. The maximum absolute atomic E-state index is 6.04. The standard InChI is InChI=1S/C15H14BrN3O/c1-8-5-9(16)6-13-14(8)19-15(18-13)11-7-10(20-2)3-4-12(11)17/h3-7H,17H2,1-2H3,(H,18,19). The van der Waals surface area contributed by atoms with Crippen molar-refractivity contribution in [3.63, 3.8) is 0 Å². The van der Waals surface area contributed by atoms with Crippen LogP contribution >= 0.6 is 15.9 Å². The van der Waals surface area contributed by atoms with Crippen molar-refractivity contribution in [3.8, 4) is 17.1 Å². The smallest absolute Gasteiger partial charge is 0.140 e. The van der Waals surface area contributed by atoms with Gasteiger partial charge in [0.2, 0.25) is 0 Å². The summed E-state index contributed by atoms with van der Waals surface area (Å²) in [5, 5.41) is 0. The number of rotatable bonds is 2. The SMILES string of the molecule is COc1ccc(N)c(-c2nc3c(C)cc(Br)cc3[nH]2)c1. The monoisotopic (exact) mass is 331 g/mol. The highest BCUT2D eigenvalue weighted by atomic mass is 79.9. The molecule has 102 valence electrons. The summed E-state index contributed by atoms with van der Waals surface area (Å²) >= 11 is 3.49. The Balaban J connectivity index is 2.22. The summed E-state index contributed by atoms with van der Waals surface area (Å²) in [6.45, 7) is 2.03. The third-order valence-electron chi connectivity index (χ3n) is 3.26. The van der Waals surface area contributed by atoms with Crippen LogP contribution in [-0.4, -0.2) is 17.1 Å². The molecule has 1 aromatic heterocycles. The Bertz CT molecular complexity index is 795. The average Bonchev–Trinajstić information content (AvgIpc) is 2.83. The van der Waals surface area contributed by atoms with Crippen LogP contribution in [0.15, 0.2) is 34.8 Å². The molecule has 3 aromatic rings. The summed E-state index contributed by atoms with van der Waals surface area (Å²) in [5.41, 5.74) is 10.6. The minimum atomic E-state index is 0.668. The molecule has 0 spiro atoms. The van der Waals surface area contributed by atoms with Crippen LogP contribution in [0.3, 0.4) is 0 Å². The molecule has 0 saturated carbocycles. The van der Waals surface area contributed by atoms with E-state index < -0.39 is 0 Å². The number of nitrogens with zero attached hydrogens (tertiary/aromatic N) is 1. The van der Waals surface area contributed by atoms with Crippen molar-refractivity contribution in [3.05, 3.63) is 40.4 Å². The van der Waals surface area contributed by atoms with Gasteiger partial charge in [0, 0.05) is 15.7 Å². The molecule has 3 N–H and O–H groups in total. The zero-order chi connectivity index (χ0) is 14.3. The number of hydrogen-bond donors (Lipinski definition) is 2. The molecule has 4 nitrogen and oxygen atoms in total. The number of benzene rings is 2. The van der Waals surface area contributed by atoms with Crippen LogP contribution < -0.4 is 10.5 Å². The van der Waals surface area contributed by atoms with Gasteiger partial charge in [0.25, 0.3) is 0 Å². The van der Waals surface area contributed by atoms with Crippen molar-refractivity contribution in [2.24, 2.45) is 0 Å². The van der Waals surface area contributed by atoms with Crippen molar-refractivity contribution >= 4 is 32.7 Å². The van der Waals surface area contributed by atoms with Crippen LogP contribution in [0.2, 0.25) is 0 Å². The van der Waals surface area contributed by atoms with Crippen molar-refractivity contribution in [1.29, 1.82) is 0 Å². The predicted octanol–water partition coefficient (Wildman–Crippen LogP) is 3.89. The molecule has 0 aliphatic rings. The zero-order valence-electron chi connectivity index (χ0n) is 11.2. The molecule has 1 heterocycles. The number of aryl methyl sites for hydroxylation is 1. The second-order valence-electron chi connectivity index (χ2n) is 4.66. The van der Waals surface area contributed by atoms with Gasteiger partial charge in [-0.15, -0.1) is 0 Å². The van der Waals surface area contributed by atoms with Gasteiger partial charge >= 0.3 is 0 Å². The van der Waals surface area contributed by atoms with Gasteiger partial charge in [0.15, 0.2) is 0 Å². The fraction of sp³-hybridized carbons (Fsp3) is 0.133. The maximum atomic E-state index is 6.04. The van der Waals surface area contributed by atoms with Crippen molar-refractivity contribution < 1.29 is 4.74 Å². The van der Waals surface area contributed by atoms with Gasteiger partial charge in [-0.1, -0.05) is 15.9 Å². The summed E-state index contributed by atoms with van der Waals surface area (Å²) in [6.07, 6.45) is 0. The molecule has 0 radical (unpaired) electrons. The van der Waals surface area contributed by atoms with Crippen LogP contribution in [-0.2, 0) is 0 Å². The molecule has 3 rings (SSSR count). The Morgan fingerprint density at radius 2 is 2.05 bits per heavy atom. The summed E-state index contributed by atoms with van der Waals surface area (Å²) in [5.74, 6) is 1.50.